The van der Waals surface area contributed by atoms with E-state index in [9.17, 15) is 4.79 Å². The maximum atomic E-state index is 12.9. The van der Waals surface area contributed by atoms with Crippen molar-refractivity contribution in [3.05, 3.63) is 101 Å². The molecule has 2 N–H and O–H groups in total. The molecule has 3 aromatic carbocycles. The van der Waals surface area contributed by atoms with Crippen LogP contribution in [0.1, 0.15) is 11.1 Å². The quantitative estimate of drug-likeness (QED) is 0.413. The van der Waals surface area contributed by atoms with Crippen molar-refractivity contribution in [1.29, 1.82) is 0 Å². The average Bonchev–Trinajstić information content (AvgIpc) is 3.35. The standard InChI is InChI=1S/C25H19ClN4O/c1-30-14-13-27-24(30)17-7-10-19(11-8-17)28-23(16-5-3-2-4-6-16)22-20-12-9-18(26)15-21(20)29-25(22)31/h2-15,28H,1H3,(H,29,31)/b23-22-. The number of amides is 1. The van der Waals surface area contributed by atoms with Gasteiger partial charge in [-0.3, -0.25) is 4.79 Å². The second-order valence-corrected chi connectivity index (χ2v) is 7.76. The number of aryl methyl sites for hydroxylation is 1. The van der Waals surface area contributed by atoms with E-state index in [4.69, 9.17) is 11.6 Å². The van der Waals surface area contributed by atoms with Crippen LogP contribution in [0, 0.1) is 0 Å². The van der Waals surface area contributed by atoms with Crippen molar-refractivity contribution in [2.24, 2.45) is 7.05 Å². The number of hydrogen-bond donors (Lipinski definition) is 2. The lowest BCUT2D eigenvalue weighted by molar-refractivity contribution is -0.110. The number of aromatic nitrogens is 2. The van der Waals surface area contributed by atoms with Crippen LogP contribution in [0.5, 0.6) is 0 Å². The van der Waals surface area contributed by atoms with E-state index in [1.165, 1.54) is 0 Å². The van der Waals surface area contributed by atoms with E-state index < -0.39 is 0 Å². The predicted molar refractivity (Wildman–Crippen MR) is 126 cm³/mol. The van der Waals surface area contributed by atoms with Crippen molar-refractivity contribution in [1.82, 2.24) is 9.55 Å². The van der Waals surface area contributed by atoms with Gasteiger partial charge in [0.05, 0.1) is 17.0 Å². The fourth-order valence-corrected chi connectivity index (χ4v) is 3.94. The third-order valence-corrected chi connectivity index (χ3v) is 5.51. The van der Waals surface area contributed by atoms with Crippen molar-refractivity contribution in [3.63, 3.8) is 0 Å². The first kappa shape index (κ1) is 19.2. The fraction of sp³-hybridized carbons (Fsp3) is 0.0400. The molecule has 0 radical (unpaired) electrons. The van der Waals surface area contributed by atoms with Gasteiger partial charge in [-0.2, -0.15) is 0 Å². The Morgan fingerprint density at radius 2 is 1.81 bits per heavy atom. The molecule has 1 aliphatic heterocycles. The van der Waals surface area contributed by atoms with E-state index in [1.54, 1.807) is 18.3 Å². The zero-order valence-corrected chi connectivity index (χ0v) is 17.5. The lowest BCUT2D eigenvalue weighted by Gasteiger charge is -2.15. The number of rotatable bonds is 4. The first-order chi connectivity index (χ1) is 15.1. The molecule has 5 rings (SSSR count). The number of nitrogens with zero attached hydrogens (tertiary/aromatic N) is 2. The minimum atomic E-state index is -0.159. The molecule has 6 heteroatoms. The molecule has 1 aromatic heterocycles. The van der Waals surface area contributed by atoms with Gasteiger partial charge in [-0.15, -0.1) is 0 Å². The largest absolute Gasteiger partial charge is 0.354 e. The van der Waals surface area contributed by atoms with E-state index in [0.29, 0.717) is 16.3 Å². The summed E-state index contributed by atoms with van der Waals surface area (Å²) in [5, 5.41) is 6.98. The van der Waals surface area contributed by atoms with Crippen molar-refractivity contribution >= 4 is 40.2 Å². The topological polar surface area (TPSA) is 59.0 Å². The molecule has 0 spiro atoms. The van der Waals surface area contributed by atoms with Crippen LogP contribution in [-0.2, 0) is 11.8 Å². The normalized spacial score (nSPS) is 14.2. The molecule has 0 aliphatic carbocycles. The third kappa shape index (κ3) is 3.60. The highest BCUT2D eigenvalue weighted by Crippen LogP contribution is 2.38. The van der Waals surface area contributed by atoms with Gasteiger partial charge in [-0.05, 0) is 42.0 Å². The number of carbonyl (C=O) groups is 1. The number of anilines is 2. The van der Waals surface area contributed by atoms with E-state index in [-0.39, 0.29) is 5.91 Å². The molecule has 0 saturated carbocycles. The molecule has 1 amide bonds. The minimum absolute atomic E-state index is 0.159. The Hall–Kier alpha value is -3.83. The van der Waals surface area contributed by atoms with E-state index in [1.807, 2.05) is 78.5 Å². The smallest absolute Gasteiger partial charge is 0.258 e. The molecule has 0 bridgehead atoms. The first-order valence-electron chi connectivity index (χ1n) is 9.86. The lowest BCUT2D eigenvalue weighted by Crippen LogP contribution is -2.10. The first-order valence-corrected chi connectivity index (χ1v) is 10.2. The number of halogens is 1. The van der Waals surface area contributed by atoms with Crippen LogP contribution in [0.2, 0.25) is 5.02 Å². The van der Waals surface area contributed by atoms with Gasteiger partial charge in [0, 0.05) is 41.3 Å². The molecule has 5 nitrogen and oxygen atoms in total. The van der Waals surface area contributed by atoms with Crippen molar-refractivity contribution in [3.8, 4) is 11.4 Å². The number of carbonyl (C=O) groups excluding carboxylic acids is 1. The molecule has 0 unspecified atom stereocenters. The highest BCUT2D eigenvalue weighted by molar-refractivity contribution is 6.38. The number of imidazole rings is 1. The average molecular weight is 427 g/mol. The Balaban J connectivity index is 1.59. The Labute approximate surface area is 185 Å². The number of nitrogens with one attached hydrogen (secondary N) is 2. The lowest BCUT2D eigenvalue weighted by atomic mass is 10.00. The molecular formula is C25H19ClN4O. The monoisotopic (exact) mass is 426 g/mol. The summed E-state index contributed by atoms with van der Waals surface area (Å²) in [7, 11) is 1.97. The Morgan fingerprint density at radius 3 is 2.52 bits per heavy atom. The predicted octanol–water partition coefficient (Wildman–Crippen LogP) is 5.67. The van der Waals surface area contributed by atoms with Crippen LogP contribution in [-0.4, -0.2) is 15.5 Å². The van der Waals surface area contributed by atoms with Gasteiger partial charge in [0.1, 0.15) is 5.82 Å². The summed E-state index contributed by atoms with van der Waals surface area (Å²) in [5.74, 6) is 0.738. The van der Waals surface area contributed by atoms with Crippen LogP contribution in [0.3, 0.4) is 0 Å². The molecule has 1 aliphatic rings. The summed E-state index contributed by atoms with van der Waals surface area (Å²) >= 11 is 6.12. The van der Waals surface area contributed by atoms with Gasteiger partial charge in [-0.1, -0.05) is 48.0 Å². The summed E-state index contributed by atoms with van der Waals surface area (Å²) in [5.41, 5.74) is 5.68. The zero-order chi connectivity index (χ0) is 21.4. The van der Waals surface area contributed by atoms with Gasteiger partial charge in [0.15, 0.2) is 0 Å². The van der Waals surface area contributed by atoms with Crippen molar-refractivity contribution < 1.29 is 4.79 Å². The summed E-state index contributed by atoms with van der Waals surface area (Å²) in [6.45, 7) is 0. The Bertz CT molecular complexity index is 1310. The molecule has 0 fully saturated rings. The van der Waals surface area contributed by atoms with Gasteiger partial charge >= 0.3 is 0 Å². The van der Waals surface area contributed by atoms with E-state index >= 15 is 0 Å². The zero-order valence-electron chi connectivity index (χ0n) is 16.8. The van der Waals surface area contributed by atoms with Crippen molar-refractivity contribution in [2.45, 2.75) is 0 Å². The van der Waals surface area contributed by atoms with Gasteiger partial charge in [-0.25, -0.2) is 4.98 Å². The van der Waals surface area contributed by atoms with Gasteiger partial charge < -0.3 is 15.2 Å². The SMILES string of the molecule is Cn1ccnc1-c1ccc(N/C(=C2\C(=O)Nc3cc(Cl)ccc32)c2ccccc2)cc1. The van der Waals surface area contributed by atoms with Gasteiger partial charge in [0.25, 0.3) is 5.91 Å². The fourth-order valence-electron chi connectivity index (χ4n) is 3.77. The van der Waals surface area contributed by atoms with Gasteiger partial charge in [0.2, 0.25) is 0 Å². The van der Waals surface area contributed by atoms with Crippen LogP contribution >= 0.6 is 11.6 Å². The number of benzene rings is 3. The molecule has 2 heterocycles. The van der Waals surface area contributed by atoms with Crippen molar-refractivity contribution in [2.75, 3.05) is 10.6 Å². The maximum Gasteiger partial charge on any atom is 0.258 e. The Kier molecular flexibility index (Phi) is 4.81. The second-order valence-electron chi connectivity index (χ2n) is 7.32. The summed E-state index contributed by atoms with van der Waals surface area (Å²) in [6, 6.07) is 23.3. The van der Waals surface area contributed by atoms with Crippen LogP contribution < -0.4 is 10.6 Å². The molecular weight excluding hydrogens is 408 g/mol. The molecule has 31 heavy (non-hydrogen) atoms. The molecule has 0 saturated heterocycles. The second kappa shape index (κ2) is 7.78. The molecule has 0 atom stereocenters. The Morgan fingerprint density at radius 1 is 1.03 bits per heavy atom. The summed E-state index contributed by atoms with van der Waals surface area (Å²) in [6.07, 6.45) is 3.70. The minimum Gasteiger partial charge on any atom is -0.354 e. The highest BCUT2D eigenvalue weighted by Gasteiger charge is 2.28. The number of hydrogen-bond acceptors (Lipinski definition) is 3. The van der Waals surface area contributed by atoms with E-state index in [0.717, 1.165) is 33.9 Å². The summed E-state index contributed by atoms with van der Waals surface area (Å²) < 4.78 is 1.98. The highest BCUT2D eigenvalue weighted by atomic mass is 35.5. The molecule has 152 valence electrons. The van der Waals surface area contributed by atoms with Crippen LogP contribution in [0.4, 0.5) is 11.4 Å². The van der Waals surface area contributed by atoms with Crippen LogP contribution in [0.15, 0.2) is 85.2 Å². The number of fused-ring (bicyclic) bond motifs is 1. The maximum absolute atomic E-state index is 12.9. The summed E-state index contributed by atoms with van der Waals surface area (Å²) in [4.78, 5) is 17.3. The van der Waals surface area contributed by atoms with Crippen LogP contribution in [0.25, 0.3) is 22.7 Å². The van der Waals surface area contributed by atoms with E-state index in [2.05, 4.69) is 15.6 Å². The molecule has 4 aromatic rings. The third-order valence-electron chi connectivity index (χ3n) is 5.27.